The summed E-state index contributed by atoms with van der Waals surface area (Å²) in [7, 11) is -2.38. The molecule has 112 valence electrons. The number of rotatable bonds is 2. The molecule has 1 amide bonds. The molecule has 1 saturated heterocycles. The predicted octanol–water partition coefficient (Wildman–Crippen LogP) is 1.66. The second kappa shape index (κ2) is 4.73. The summed E-state index contributed by atoms with van der Waals surface area (Å²) >= 11 is 5.93. The van der Waals surface area contributed by atoms with Crippen LogP contribution in [0.4, 0.5) is 0 Å². The van der Waals surface area contributed by atoms with Gasteiger partial charge in [-0.3, -0.25) is 4.79 Å². The molecule has 1 aliphatic heterocycles. The minimum Gasteiger partial charge on any atom is -0.324 e. The molecule has 6 nitrogen and oxygen atoms in total. The molecule has 0 aliphatic carbocycles. The highest BCUT2D eigenvalue weighted by Crippen LogP contribution is 2.37. The van der Waals surface area contributed by atoms with Gasteiger partial charge in [0.1, 0.15) is 5.15 Å². The van der Waals surface area contributed by atoms with Gasteiger partial charge in [0.05, 0.1) is 6.33 Å². The molecule has 1 aromatic heterocycles. The van der Waals surface area contributed by atoms with E-state index in [0.29, 0.717) is 0 Å². The molecule has 8 heteroatoms. The molecule has 0 bridgehead atoms. The summed E-state index contributed by atoms with van der Waals surface area (Å²) in [5, 5.41) is -0.249. The van der Waals surface area contributed by atoms with E-state index in [1.165, 1.54) is 10.9 Å². The fraction of sp³-hybridized carbons (Fsp3) is 0.667. The Labute approximate surface area is 123 Å². The van der Waals surface area contributed by atoms with Crippen LogP contribution in [0.1, 0.15) is 27.2 Å². The lowest BCUT2D eigenvalue weighted by molar-refractivity contribution is -0.123. The summed E-state index contributed by atoms with van der Waals surface area (Å²) in [6, 6.07) is 0. The zero-order valence-electron chi connectivity index (χ0n) is 11.9. The molecule has 20 heavy (non-hydrogen) atoms. The van der Waals surface area contributed by atoms with Crippen molar-refractivity contribution >= 4 is 27.5 Å². The average molecular weight is 320 g/mol. The van der Waals surface area contributed by atoms with E-state index in [2.05, 4.69) is 4.98 Å². The van der Waals surface area contributed by atoms with E-state index in [4.69, 9.17) is 11.6 Å². The van der Waals surface area contributed by atoms with Crippen molar-refractivity contribution in [2.45, 2.75) is 32.2 Å². The number of imidazole rings is 1. The minimum atomic E-state index is -3.97. The third kappa shape index (κ3) is 2.44. The van der Waals surface area contributed by atoms with Crippen LogP contribution in [0, 0.1) is 11.3 Å². The topological polar surface area (TPSA) is 72.3 Å². The maximum absolute atomic E-state index is 12.5. The fourth-order valence-electron chi connectivity index (χ4n) is 2.16. The second-order valence-corrected chi connectivity index (χ2v) is 8.28. The molecular formula is C12H18ClN3O3S. The molecule has 2 rings (SSSR count). The number of sulfonamides is 1. The molecule has 0 radical (unpaired) electrons. The van der Waals surface area contributed by atoms with Crippen molar-refractivity contribution in [1.29, 1.82) is 0 Å². The molecule has 1 unspecified atom stereocenters. The number of aryl methyl sites for hydroxylation is 1. The van der Waals surface area contributed by atoms with E-state index in [-0.39, 0.29) is 34.5 Å². The number of hydrogen-bond donors (Lipinski definition) is 0. The summed E-state index contributed by atoms with van der Waals surface area (Å²) in [5.41, 5.74) is -0.131. The van der Waals surface area contributed by atoms with Gasteiger partial charge in [-0.15, -0.1) is 0 Å². The first-order chi connectivity index (χ1) is 9.05. The van der Waals surface area contributed by atoms with Gasteiger partial charge in [-0.2, -0.15) is 8.42 Å². The zero-order chi connectivity index (χ0) is 15.3. The molecule has 0 aromatic carbocycles. The van der Waals surface area contributed by atoms with Gasteiger partial charge in [0, 0.05) is 20.0 Å². The van der Waals surface area contributed by atoms with Crippen LogP contribution in [0.5, 0.6) is 0 Å². The molecule has 1 aliphatic rings. The second-order valence-electron chi connectivity index (χ2n) is 6.15. The van der Waals surface area contributed by atoms with Crippen molar-refractivity contribution < 1.29 is 13.2 Å². The zero-order valence-corrected chi connectivity index (χ0v) is 13.5. The maximum atomic E-state index is 12.5. The van der Waals surface area contributed by atoms with E-state index in [1.807, 2.05) is 20.8 Å². The first-order valence-electron chi connectivity index (χ1n) is 6.27. The molecule has 2 heterocycles. The van der Waals surface area contributed by atoms with Gasteiger partial charge in [-0.25, -0.2) is 9.29 Å². The average Bonchev–Trinajstić information content (AvgIpc) is 2.84. The van der Waals surface area contributed by atoms with Crippen molar-refractivity contribution in [2.24, 2.45) is 18.4 Å². The highest BCUT2D eigenvalue weighted by Gasteiger charge is 2.44. The van der Waals surface area contributed by atoms with E-state index >= 15 is 0 Å². The quantitative estimate of drug-likeness (QED) is 0.831. The van der Waals surface area contributed by atoms with Crippen LogP contribution in [0.25, 0.3) is 0 Å². The monoisotopic (exact) mass is 319 g/mol. The van der Waals surface area contributed by atoms with Crippen molar-refractivity contribution in [3.63, 3.8) is 0 Å². The van der Waals surface area contributed by atoms with Gasteiger partial charge in [0.2, 0.25) is 10.9 Å². The summed E-state index contributed by atoms with van der Waals surface area (Å²) < 4.78 is 27.3. The van der Waals surface area contributed by atoms with E-state index < -0.39 is 15.9 Å². The predicted molar refractivity (Wildman–Crippen MR) is 74.7 cm³/mol. The maximum Gasteiger partial charge on any atom is 0.287 e. The van der Waals surface area contributed by atoms with E-state index in [1.54, 1.807) is 7.05 Å². The van der Waals surface area contributed by atoms with Crippen molar-refractivity contribution in [3.05, 3.63) is 11.5 Å². The van der Waals surface area contributed by atoms with E-state index in [0.717, 1.165) is 4.31 Å². The minimum absolute atomic E-state index is 0.00716. The Balaban J connectivity index is 2.37. The van der Waals surface area contributed by atoms with Crippen LogP contribution < -0.4 is 0 Å². The molecule has 0 spiro atoms. The normalized spacial score (nSPS) is 20.8. The summed E-state index contributed by atoms with van der Waals surface area (Å²) in [6.45, 7) is 6.16. The number of carbonyl (C=O) groups is 1. The number of carbonyl (C=O) groups excluding carboxylic acids is 1. The van der Waals surface area contributed by atoms with Crippen LogP contribution >= 0.6 is 11.6 Å². The Morgan fingerprint density at radius 1 is 1.40 bits per heavy atom. The highest BCUT2D eigenvalue weighted by atomic mass is 35.5. The number of hydrogen-bond acceptors (Lipinski definition) is 4. The first-order valence-corrected chi connectivity index (χ1v) is 8.09. The Kier molecular flexibility index (Phi) is 3.62. The Morgan fingerprint density at radius 2 is 2.00 bits per heavy atom. The SMILES string of the molecule is Cn1cnc(S(=O)(=O)N2CC(C(C)(C)C)CC2=O)c1Cl. The van der Waals surface area contributed by atoms with Gasteiger partial charge in [-0.1, -0.05) is 32.4 Å². The molecule has 0 saturated carbocycles. The van der Waals surface area contributed by atoms with E-state index in [9.17, 15) is 13.2 Å². The van der Waals surface area contributed by atoms with Crippen LogP contribution in [0.15, 0.2) is 11.4 Å². The van der Waals surface area contributed by atoms with Crippen LogP contribution in [0.3, 0.4) is 0 Å². The van der Waals surface area contributed by atoms with Crippen LogP contribution in [0.2, 0.25) is 5.15 Å². The summed E-state index contributed by atoms with van der Waals surface area (Å²) in [5.74, 6) is -0.404. The van der Waals surface area contributed by atoms with Crippen LogP contribution in [-0.4, -0.2) is 34.7 Å². The van der Waals surface area contributed by atoms with Crippen molar-refractivity contribution in [1.82, 2.24) is 13.9 Å². The molecular weight excluding hydrogens is 302 g/mol. The van der Waals surface area contributed by atoms with Gasteiger partial charge in [0.25, 0.3) is 10.0 Å². The fourth-order valence-corrected chi connectivity index (χ4v) is 4.01. The van der Waals surface area contributed by atoms with Gasteiger partial charge < -0.3 is 4.57 Å². The van der Waals surface area contributed by atoms with Crippen molar-refractivity contribution in [2.75, 3.05) is 6.54 Å². The molecule has 1 aromatic rings. The number of halogens is 1. The smallest absolute Gasteiger partial charge is 0.287 e. The molecule has 1 fully saturated rings. The standard InChI is InChI=1S/C12H18ClN3O3S/c1-12(2,3)8-5-9(17)16(6-8)20(18,19)11-10(13)15(4)7-14-11/h7-8H,5-6H2,1-4H3. The Bertz CT molecular complexity index is 645. The summed E-state index contributed by atoms with van der Waals surface area (Å²) in [4.78, 5) is 15.8. The Morgan fingerprint density at radius 3 is 2.40 bits per heavy atom. The summed E-state index contributed by atoms with van der Waals surface area (Å²) in [6.07, 6.45) is 1.55. The van der Waals surface area contributed by atoms with Crippen LogP contribution in [-0.2, 0) is 21.9 Å². The first kappa shape index (κ1) is 15.3. The molecule has 1 atom stereocenters. The van der Waals surface area contributed by atoms with Gasteiger partial charge in [0.15, 0.2) is 0 Å². The third-order valence-electron chi connectivity index (χ3n) is 3.68. The lowest BCUT2D eigenvalue weighted by atomic mass is 9.80. The number of nitrogens with zero attached hydrogens (tertiary/aromatic N) is 3. The lowest BCUT2D eigenvalue weighted by Gasteiger charge is -2.26. The number of amides is 1. The number of aromatic nitrogens is 2. The van der Waals surface area contributed by atoms with Gasteiger partial charge >= 0.3 is 0 Å². The Hall–Kier alpha value is -1.08. The third-order valence-corrected chi connectivity index (χ3v) is 5.96. The largest absolute Gasteiger partial charge is 0.324 e. The molecule has 0 N–H and O–H groups in total. The van der Waals surface area contributed by atoms with Gasteiger partial charge in [-0.05, 0) is 11.3 Å². The van der Waals surface area contributed by atoms with Crippen molar-refractivity contribution in [3.8, 4) is 0 Å². The lowest BCUT2D eigenvalue weighted by Crippen LogP contribution is -2.34. The highest BCUT2D eigenvalue weighted by molar-refractivity contribution is 7.89.